The van der Waals surface area contributed by atoms with Gasteiger partial charge in [-0.05, 0) is 49.1 Å². The molecule has 0 saturated heterocycles. The number of nitrogens with zero attached hydrogens (tertiary/aromatic N) is 2. The van der Waals surface area contributed by atoms with Crippen molar-refractivity contribution in [2.75, 3.05) is 5.32 Å². The maximum Gasteiger partial charge on any atom is 0.262 e. The van der Waals surface area contributed by atoms with Crippen LogP contribution in [0.4, 0.5) is 5.00 Å². The first-order chi connectivity index (χ1) is 14.7. The van der Waals surface area contributed by atoms with Gasteiger partial charge in [0.25, 0.3) is 5.91 Å². The molecule has 0 spiro atoms. The van der Waals surface area contributed by atoms with Crippen molar-refractivity contribution in [2.24, 2.45) is 11.3 Å². The minimum atomic E-state index is -0.351. The number of aromatic nitrogens is 1. The maximum absolute atomic E-state index is 13.2. The van der Waals surface area contributed by atoms with Crippen molar-refractivity contribution >= 4 is 33.8 Å². The van der Waals surface area contributed by atoms with Crippen molar-refractivity contribution in [1.82, 2.24) is 5.16 Å². The first-order valence-electron chi connectivity index (χ1n) is 10.3. The van der Waals surface area contributed by atoms with E-state index in [2.05, 4.69) is 37.3 Å². The van der Waals surface area contributed by atoms with Crippen molar-refractivity contribution in [3.8, 4) is 17.3 Å². The highest BCUT2D eigenvalue weighted by Crippen LogP contribution is 2.44. The van der Waals surface area contributed by atoms with Crippen LogP contribution in [0.1, 0.15) is 59.3 Å². The van der Waals surface area contributed by atoms with Crippen molar-refractivity contribution in [3.63, 3.8) is 0 Å². The van der Waals surface area contributed by atoms with Gasteiger partial charge in [-0.3, -0.25) is 4.79 Å². The van der Waals surface area contributed by atoms with Gasteiger partial charge in [-0.2, -0.15) is 5.26 Å². The summed E-state index contributed by atoms with van der Waals surface area (Å²) in [5, 5.41) is 17.9. The number of thiophene rings is 1. The number of carbonyl (C=O) groups excluding carboxylic acids is 1. The van der Waals surface area contributed by atoms with Crippen LogP contribution in [0.2, 0.25) is 5.02 Å². The predicted molar refractivity (Wildman–Crippen MR) is 124 cm³/mol. The molecule has 2 heterocycles. The Morgan fingerprint density at radius 2 is 2.10 bits per heavy atom. The molecule has 1 atom stereocenters. The average molecular weight is 454 g/mol. The summed E-state index contributed by atoms with van der Waals surface area (Å²) in [6.45, 7) is 8.47. The van der Waals surface area contributed by atoms with Gasteiger partial charge in [-0.1, -0.05) is 55.7 Å². The van der Waals surface area contributed by atoms with Crippen molar-refractivity contribution in [3.05, 3.63) is 56.6 Å². The van der Waals surface area contributed by atoms with E-state index in [-0.39, 0.29) is 11.3 Å². The van der Waals surface area contributed by atoms with Crippen LogP contribution in [0.5, 0.6) is 0 Å². The molecule has 5 nitrogen and oxygen atoms in total. The molecule has 1 N–H and O–H groups in total. The number of rotatable bonds is 3. The van der Waals surface area contributed by atoms with Crippen LogP contribution >= 0.6 is 22.9 Å². The molecule has 0 aliphatic heterocycles. The quantitative estimate of drug-likeness (QED) is 0.482. The first-order valence-corrected chi connectivity index (χ1v) is 11.5. The number of aryl methyl sites for hydroxylation is 1. The number of hydrogen-bond acceptors (Lipinski definition) is 5. The van der Waals surface area contributed by atoms with Gasteiger partial charge >= 0.3 is 0 Å². The second-order valence-electron chi connectivity index (χ2n) is 9.02. The largest absolute Gasteiger partial charge is 0.360 e. The molecule has 4 rings (SSSR count). The van der Waals surface area contributed by atoms with E-state index in [0.29, 0.717) is 44.1 Å². The van der Waals surface area contributed by atoms with Crippen LogP contribution in [-0.2, 0) is 12.8 Å². The monoisotopic (exact) mass is 453 g/mol. The maximum atomic E-state index is 13.2. The number of nitriles is 1. The van der Waals surface area contributed by atoms with Gasteiger partial charge in [0.1, 0.15) is 28.1 Å². The van der Waals surface area contributed by atoms with Gasteiger partial charge in [0.05, 0.1) is 10.6 Å². The standard InChI is InChI=1S/C24H24ClN3O2S/c1-13-20(21(28-30-13)16-7-5-6-8-18(16)25)22(29)27-23-17(12-26)15-10-9-14(24(2,3)4)11-19(15)31-23/h5-8,14H,9-11H2,1-4H3,(H,27,29). The van der Waals surface area contributed by atoms with E-state index in [1.165, 1.54) is 16.2 Å². The molecule has 1 aromatic carbocycles. The highest BCUT2D eigenvalue weighted by molar-refractivity contribution is 7.16. The second kappa shape index (κ2) is 8.14. The van der Waals surface area contributed by atoms with Gasteiger partial charge < -0.3 is 9.84 Å². The highest BCUT2D eigenvalue weighted by atomic mass is 35.5. The third-order valence-electron chi connectivity index (χ3n) is 6.05. The Morgan fingerprint density at radius 1 is 1.35 bits per heavy atom. The Hall–Kier alpha value is -2.62. The van der Waals surface area contributed by atoms with Gasteiger partial charge in [0, 0.05) is 10.4 Å². The van der Waals surface area contributed by atoms with E-state index in [9.17, 15) is 10.1 Å². The number of benzene rings is 1. The molecule has 2 aromatic heterocycles. The molecule has 1 unspecified atom stereocenters. The van der Waals surface area contributed by atoms with Gasteiger partial charge in [0.2, 0.25) is 0 Å². The Morgan fingerprint density at radius 3 is 2.77 bits per heavy atom. The number of fused-ring (bicyclic) bond motifs is 1. The smallest absolute Gasteiger partial charge is 0.262 e. The van der Waals surface area contributed by atoms with Crippen LogP contribution in [0.25, 0.3) is 11.3 Å². The molecule has 31 heavy (non-hydrogen) atoms. The molecule has 0 bridgehead atoms. The summed E-state index contributed by atoms with van der Waals surface area (Å²) in [7, 11) is 0. The molecule has 7 heteroatoms. The number of halogens is 1. The zero-order chi connectivity index (χ0) is 22.3. The van der Waals surface area contributed by atoms with Crippen LogP contribution in [0, 0.1) is 29.6 Å². The lowest BCUT2D eigenvalue weighted by Gasteiger charge is -2.33. The summed E-state index contributed by atoms with van der Waals surface area (Å²) in [6, 6.07) is 9.51. The van der Waals surface area contributed by atoms with Gasteiger partial charge in [0.15, 0.2) is 0 Å². The summed E-state index contributed by atoms with van der Waals surface area (Å²) in [5.74, 6) is 0.608. The summed E-state index contributed by atoms with van der Waals surface area (Å²) in [4.78, 5) is 14.4. The minimum absolute atomic E-state index is 0.210. The average Bonchev–Trinajstić information content (AvgIpc) is 3.26. The SMILES string of the molecule is Cc1onc(-c2ccccc2Cl)c1C(=O)Nc1sc2c(c1C#N)CCC(C(C)(C)C)C2. The lowest BCUT2D eigenvalue weighted by Crippen LogP contribution is -2.26. The Balaban J connectivity index is 1.67. The molecule has 0 fully saturated rings. The zero-order valence-corrected chi connectivity index (χ0v) is 19.6. The summed E-state index contributed by atoms with van der Waals surface area (Å²) in [5.41, 5.74) is 3.22. The van der Waals surface area contributed by atoms with Crippen molar-refractivity contribution in [2.45, 2.75) is 47.0 Å². The predicted octanol–water partition coefficient (Wildman–Crippen LogP) is 6.64. The van der Waals surface area contributed by atoms with Gasteiger partial charge in [-0.25, -0.2) is 0 Å². The molecular weight excluding hydrogens is 430 g/mol. The molecule has 160 valence electrons. The fourth-order valence-electron chi connectivity index (χ4n) is 4.17. The first kappa shape index (κ1) is 21.6. The van der Waals surface area contributed by atoms with E-state index in [1.807, 2.05) is 12.1 Å². The molecule has 1 aliphatic carbocycles. The second-order valence-corrected chi connectivity index (χ2v) is 10.5. The molecular formula is C24H24ClN3O2S. The fraction of sp³-hybridized carbons (Fsp3) is 0.375. The number of nitrogens with one attached hydrogen (secondary N) is 1. The summed E-state index contributed by atoms with van der Waals surface area (Å²) < 4.78 is 5.32. The topological polar surface area (TPSA) is 78.9 Å². The molecule has 1 amide bonds. The molecule has 3 aromatic rings. The Kier molecular flexibility index (Phi) is 5.67. The fourth-order valence-corrected chi connectivity index (χ4v) is 5.67. The van der Waals surface area contributed by atoms with E-state index < -0.39 is 0 Å². The Labute approximate surface area is 191 Å². The number of carbonyl (C=O) groups is 1. The normalized spacial score (nSPS) is 15.9. The molecule has 0 saturated carbocycles. The minimum Gasteiger partial charge on any atom is -0.360 e. The van der Waals surface area contributed by atoms with E-state index in [4.69, 9.17) is 16.1 Å². The summed E-state index contributed by atoms with van der Waals surface area (Å²) >= 11 is 7.83. The molecule has 0 radical (unpaired) electrons. The van der Waals surface area contributed by atoms with E-state index in [1.54, 1.807) is 19.1 Å². The molecule has 1 aliphatic rings. The van der Waals surface area contributed by atoms with E-state index in [0.717, 1.165) is 24.8 Å². The van der Waals surface area contributed by atoms with Crippen LogP contribution in [0.3, 0.4) is 0 Å². The number of amides is 1. The lowest BCUT2D eigenvalue weighted by molar-refractivity contribution is 0.102. The summed E-state index contributed by atoms with van der Waals surface area (Å²) in [6.07, 6.45) is 2.85. The third kappa shape index (κ3) is 4.00. The van der Waals surface area contributed by atoms with Crippen LogP contribution in [-0.4, -0.2) is 11.1 Å². The Bertz CT molecular complexity index is 1200. The lowest BCUT2D eigenvalue weighted by atomic mass is 9.72. The van der Waals surface area contributed by atoms with Crippen molar-refractivity contribution in [1.29, 1.82) is 5.26 Å². The third-order valence-corrected chi connectivity index (χ3v) is 7.55. The highest BCUT2D eigenvalue weighted by Gasteiger charge is 2.33. The zero-order valence-electron chi connectivity index (χ0n) is 18.0. The number of anilines is 1. The van der Waals surface area contributed by atoms with Crippen LogP contribution in [0.15, 0.2) is 28.8 Å². The van der Waals surface area contributed by atoms with E-state index >= 15 is 0 Å². The van der Waals surface area contributed by atoms with Gasteiger partial charge in [-0.15, -0.1) is 11.3 Å². The number of hydrogen-bond donors (Lipinski definition) is 1. The van der Waals surface area contributed by atoms with Crippen LogP contribution < -0.4 is 5.32 Å². The van der Waals surface area contributed by atoms with Crippen molar-refractivity contribution < 1.29 is 9.32 Å².